The first kappa shape index (κ1) is 12.0. The summed E-state index contributed by atoms with van der Waals surface area (Å²) in [7, 11) is 0. The number of aryl methyl sites for hydroxylation is 2. The Labute approximate surface area is 110 Å². The van der Waals surface area contributed by atoms with Gasteiger partial charge in [0.25, 0.3) is 0 Å². The van der Waals surface area contributed by atoms with Gasteiger partial charge in [0.2, 0.25) is 0 Å². The summed E-state index contributed by atoms with van der Waals surface area (Å²) < 4.78 is 0. The Morgan fingerprint density at radius 3 is 2.61 bits per heavy atom. The molecule has 1 nitrogen and oxygen atoms in total. The van der Waals surface area contributed by atoms with Gasteiger partial charge in [0.15, 0.2) is 0 Å². The zero-order valence-corrected chi connectivity index (χ0v) is 12.0. The molecule has 0 bridgehead atoms. The summed E-state index contributed by atoms with van der Waals surface area (Å²) in [5, 5.41) is 0. The molecule has 1 aromatic rings. The highest BCUT2D eigenvalue weighted by Gasteiger charge is 2.42. The smallest absolute Gasteiger partial charge is 0.0652 e. The molecule has 2 atom stereocenters. The van der Waals surface area contributed by atoms with Crippen LogP contribution in [0.2, 0.25) is 0 Å². The van der Waals surface area contributed by atoms with Gasteiger partial charge in [-0.15, -0.1) is 0 Å². The second-order valence-corrected chi connectivity index (χ2v) is 6.34. The minimum atomic E-state index is 0.161. The Hall–Kier alpha value is -1.11. The van der Waals surface area contributed by atoms with Crippen LogP contribution >= 0.6 is 0 Å². The summed E-state index contributed by atoms with van der Waals surface area (Å²) in [5.74, 6) is 0.643. The summed E-state index contributed by atoms with van der Waals surface area (Å²) in [6.07, 6.45) is 5.26. The molecule has 1 fully saturated rings. The van der Waals surface area contributed by atoms with Gasteiger partial charge in [0, 0.05) is 17.2 Å². The second-order valence-electron chi connectivity index (χ2n) is 6.34. The maximum atomic E-state index is 5.10. The zero-order valence-electron chi connectivity index (χ0n) is 12.0. The molecule has 1 saturated carbocycles. The molecule has 0 amide bonds. The van der Waals surface area contributed by atoms with E-state index in [9.17, 15) is 0 Å². The lowest BCUT2D eigenvalue weighted by atomic mass is 9.66. The maximum absolute atomic E-state index is 5.10. The van der Waals surface area contributed by atoms with Crippen LogP contribution in [-0.2, 0) is 0 Å². The fraction of sp³-hybridized carbons (Fsp3) is 0.588. The van der Waals surface area contributed by atoms with Crippen LogP contribution in [-0.4, -0.2) is 11.3 Å². The lowest BCUT2D eigenvalue weighted by Crippen LogP contribution is -2.39. The van der Waals surface area contributed by atoms with Gasteiger partial charge in [-0.1, -0.05) is 25.0 Å². The lowest BCUT2D eigenvalue weighted by molar-refractivity contribution is 0.272. The number of nitrogens with zero attached hydrogens (tertiary/aromatic N) is 1. The molecule has 1 aliphatic carbocycles. The molecular formula is C17H23N. The normalized spacial score (nSPS) is 30.4. The zero-order chi connectivity index (χ0) is 12.9. The van der Waals surface area contributed by atoms with Crippen LogP contribution in [0.25, 0.3) is 0 Å². The Morgan fingerprint density at radius 2 is 1.83 bits per heavy atom. The number of rotatable bonds is 0. The molecule has 18 heavy (non-hydrogen) atoms. The average molecular weight is 241 g/mol. The van der Waals surface area contributed by atoms with E-state index in [1.807, 2.05) is 0 Å². The Kier molecular flexibility index (Phi) is 2.62. The number of fused-ring (bicyclic) bond motifs is 3. The van der Waals surface area contributed by atoms with Crippen LogP contribution in [0, 0.1) is 13.8 Å². The summed E-state index contributed by atoms with van der Waals surface area (Å²) in [5.41, 5.74) is 7.32. The van der Waals surface area contributed by atoms with Crippen molar-refractivity contribution in [3.8, 4) is 0 Å². The standard InChI is InChI=1S/C17H23N/c1-11-8-9-12(2)16-14-7-5-6-10-17(14,4)18-13(3)15(11)16/h8-9,14H,5-7,10H2,1-4H3/t14-,17+/m1/s1. The van der Waals surface area contributed by atoms with Crippen molar-refractivity contribution in [3.63, 3.8) is 0 Å². The lowest BCUT2D eigenvalue weighted by Gasteiger charge is -2.44. The fourth-order valence-corrected chi connectivity index (χ4v) is 4.11. The largest absolute Gasteiger partial charge is 0.282 e. The van der Waals surface area contributed by atoms with Crippen LogP contribution in [0.4, 0.5) is 0 Å². The van der Waals surface area contributed by atoms with E-state index in [-0.39, 0.29) is 5.54 Å². The van der Waals surface area contributed by atoms with Crippen LogP contribution in [0.1, 0.15) is 67.7 Å². The molecule has 2 aliphatic rings. The van der Waals surface area contributed by atoms with E-state index in [1.54, 1.807) is 5.56 Å². The van der Waals surface area contributed by atoms with Gasteiger partial charge >= 0.3 is 0 Å². The van der Waals surface area contributed by atoms with E-state index in [0.717, 1.165) is 0 Å². The SMILES string of the molecule is CC1=N[C@@]2(C)CCCC[C@@H]2c2c(C)ccc(C)c21. The predicted octanol–water partition coefficient (Wildman–Crippen LogP) is 4.54. The average Bonchev–Trinajstić information content (AvgIpc) is 2.32. The number of aliphatic imine (C=N–C) groups is 1. The van der Waals surface area contributed by atoms with Crippen LogP contribution in [0.5, 0.6) is 0 Å². The summed E-state index contributed by atoms with van der Waals surface area (Å²) in [4.78, 5) is 5.10. The van der Waals surface area contributed by atoms with Gasteiger partial charge in [-0.25, -0.2) is 0 Å². The van der Waals surface area contributed by atoms with Crippen molar-refractivity contribution in [1.29, 1.82) is 0 Å². The van der Waals surface area contributed by atoms with Crippen molar-refractivity contribution in [1.82, 2.24) is 0 Å². The molecule has 1 aromatic carbocycles. The van der Waals surface area contributed by atoms with E-state index in [1.165, 1.54) is 48.1 Å². The van der Waals surface area contributed by atoms with E-state index < -0.39 is 0 Å². The van der Waals surface area contributed by atoms with Crippen molar-refractivity contribution in [2.75, 3.05) is 0 Å². The monoisotopic (exact) mass is 241 g/mol. The molecule has 1 heterocycles. The van der Waals surface area contributed by atoms with Crippen LogP contribution in [0.15, 0.2) is 17.1 Å². The van der Waals surface area contributed by atoms with Crippen molar-refractivity contribution in [2.24, 2.45) is 4.99 Å². The van der Waals surface area contributed by atoms with Gasteiger partial charge in [0.1, 0.15) is 0 Å². The first-order chi connectivity index (χ1) is 8.53. The highest BCUT2D eigenvalue weighted by molar-refractivity contribution is 6.03. The molecular weight excluding hydrogens is 218 g/mol. The molecule has 0 N–H and O–H groups in total. The fourth-order valence-electron chi connectivity index (χ4n) is 4.11. The van der Waals surface area contributed by atoms with E-state index in [4.69, 9.17) is 4.99 Å². The molecule has 1 heteroatoms. The third-order valence-electron chi connectivity index (χ3n) is 4.98. The Balaban J connectivity index is 2.27. The number of hydrogen-bond acceptors (Lipinski definition) is 1. The molecule has 1 aliphatic heterocycles. The van der Waals surface area contributed by atoms with E-state index in [0.29, 0.717) is 5.92 Å². The van der Waals surface area contributed by atoms with Gasteiger partial charge < -0.3 is 0 Å². The third-order valence-corrected chi connectivity index (χ3v) is 4.98. The number of benzene rings is 1. The molecule has 0 unspecified atom stereocenters. The van der Waals surface area contributed by atoms with Crippen LogP contribution < -0.4 is 0 Å². The summed E-state index contributed by atoms with van der Waals surface area (Å²) >= 11 is 0. The van der Waals surface area contributed by atoms with Crippen molar-refractivity contribution in [2.45, 2.75) is 64.8 Å². The summed E-state index contributed by atoms with van der Waals surface area (Å²) in [6.45, 7) is 9.06. The highest BCUT2D eigenvalue weighted by atomic mass is 14.9. The van der Waals surface area contributed by atoms with E-state index >= 15 is 0 Å². The highest BCUT2D eigenvalue weighted by Crippen LogP contribution is 2.48. The first-order valence-electron chi connectivity index (χ1n) is 7.20. The van der Waals surface area contributed by atoms with E-state index in [2.05, 4.69) is 39.8 Å². The van der Waals surface area contributed by atoms with Gasteiger partial charge in [0.05, 0.1) is 5.54 Å². The van der Waals surface area contributed by atoms with Crippen molar-refractivity contribution >= 4 is 5.71 Å². The molecule has 0 saturated heterocycles. The minimum Gasteiger partial charge on any atom is -0.282 e. The van der Waals surface area contributed by atoms with Crippen molar-refractivity contribution in [3.05, 3.63) is 34.4 Å². The molecule has 0 spiro atoms. The summed E-state index contributed by atoms with van der Waals surface area (Å²) in [6, 6.07) is 4.54. The van der Waals surface area contributed by atoms with Crippen LogP contribution in [0.3, 0.4) is 0 Å². The molecule has 0 aromatic heterocycles. The predicted molar refractivity (Wildman–Crippen MR) is 77.7 cm³/mol. The molecule has 96 valence electrons. The third kappa shape index (κ3) is 1.56. The van der Waals surface area contributed by atoms with Crippen molar-refractivity contribution < 1.29 is 0 Å². The maximum Gasteiger partial charge on any atom is 0.0652 e. The minimum absolute atomic E-state index is 0.161. The second kappa shape index (κ2) is 3.94. The Morgan fingerprint density at radius 1 is 1.11 bits per heavy atom. The van der Waals surface area contributed by atoms with Gasteiger partial charge in [-0.3, -0.25) is 4.99 Å². The first-order valence-corrected chi connectivity index (χ1v) is 7.20. The van der Waals surface area contributed by atoms with Gasteiger partial charge in [-0.05, 0) is 57.2 Å². The molecule has 3 rings (SSSR count). The van der Waals surface area contributed by atoms with Gasteiger partial charge in [-0.2, -0.15) is 0 Å². The quantitative estimate of drug-likeness (QED) is 0.632. The molecule has 0 radical (unpaired) electrons. The number of hydrogen-bond donors (Lipinski definition) is 0. The topological polar surface area (TPSA) is 12.4 Å². The Bertz CT molecular complexity index is 527.